The van der Waals surface area contributed by atoms with Crippen molar-refractivity contribution in [2.45, 2.75) is 62.9 Å². The van der Waals surface area contributed by atoms with Crippen molar-refractivity contribution in [3.05, 3.63) is 83.2 Å². The summed E-state index contributed by atoms with van der Waals surface area (Å²) in [5, 5.41) is 33.6. The van der Waals surface area contributed by atoms with Gasteiger partial charge in [-0.1, -0.05) is 18.2 Å². The number of hydrogen-bond acceptors (Lipinski definition) is 7. The molecule has 0 aromatic heterocycles. The van der Waals surface area contributed by atoms with Gasteiger partial charge in [-0.2, -0.15) is 0 Å². The number of aliphatic hydroxyl groups is 3. The van der Waals surface area contributed by atoms with Crippen LogP contribution in [0.2, 0.25) is 0 Å². The van der Waals surface area contributed by atoms with Crippen molar-refractivity contribution >= 4 is 11.8 Å². The van der Waals surface area contributed by atoms with E-state index in [0.717, 1.165) is 12.8 Å². The molecule has 1 aliphatic heterocycles. The highest BCUT2D eigenvalue weighted by Gasteiger charge is 2.51. The molecule has 0 fully saturated rings. The monoisotopic (exact) mass is 582 g/mol. The molecule has 0 bridgehead atoms. The average molecular weight is 583 g/mol. The summed E-state index contributed by atoms with van der Waals surface area (Å²) in [6.07, 6.45) is 3.97. The largest absolute Gasteiger partial charge is 0.493 e. The number of amides is 2. The van der Waals surface area contributed by atoms with Crippen molar-refractivity contribution in [2.75, 3.05) is 26.8 Å². The van der Waals surface area contributed by atoms with Gasteiger partial charge in [0.15, 0.2) is 11.5 Å². The van der Waals surface area contributed by atoms with E-state index in [1.54, 1.807) is 41.3 Å². The van der Waals surface area contributed by atoms with Gasteiger partial charge in [0.1, 0.15) is 18.0 Å². The lowest BCUT2D eigenvalue weighted by atomic mass is 9.77. The predicted octanol–water partition coefficient (Wildman–Crippen LogP) is 2.77. The molecule has 0 saturated carbocycles. The maximum atomic E-state index is 13.9. The smallest absolute Gasteiger partial charge is 0.247 e. The third-order valence-electron chi connectivity index (χ3n) is 7.75. The number of ether oxygens (including phenoxy) is 2. The van der Waals surface area contributed by atoms with Crippen molar-refractivity contribution in [3.8, 4) is 11.5 Å². The molecule has 2 amide bonds. The number of methoxy groups -OCH3 is 1. The predicted molar refractivity (Wildman–Crippen MR) is 155 cm³/mol. The molecule has 10 heteroatoms. The van der Waals surface area contributed by atoms with Gasteiger partial charge in [-0.15, -0.1) is 6.58 Å². The van der Waals surface area contributed by atoms with E-state index in [4.69, 9.17) is 9.47 Å². The number of unbranched alkanes of at least 4 members (excludes halogenated alkanes) is 2. The molecule has 9 nitrogen and oxygen atoms in total. The fourth-order valence-corrected chi connectivity index (χ4v) is 5.71. The van der Waals surface area contributed by atoms with E-state index in [-0.39, 0.29) is 50.0 Å². The molecule has 1 heterocycles. The van der Waals surface area contributed by atoms with Crippen LogP contribution in [-0.2, 0) is 22.6 Å². The normalized spacial score (nSPS) is 20.5. The van der Waals surface area contributed by atoms with E-state index >= 15 is 0 Å². The van der Waals surface area contributed by atoms with E-state index in [2.05, 4.69) is 11.9 Å². The maximum Gasteiger partial charge on any atom is 0.247 e. The highest BCUT2D eigenvalue weighted by atomic mass is 19.1. The van der Waals surface area contributed by atoms with E-state index in [9.17, 15) is 29.3 Å². The molecule has 0 radical (unpaired) electrons. The van der Waals surface area contributed by atoms with Gasteiger partial charge < -0.3 is 35.0 Å². The van der Waals surface area contributed by atoms with Crippen LogP contribution >= 0.6 is 0 Å². The van der Waals surface area contributed by atoms with Crippen LogP contribution in [0.5, 0.6) is 11.5 Å². The van der Waals surface area contributed by atoms with Crippen LogP contribution < -0.4 is 14.8 Å². The Hall–Kier alpha value is -3.73. The van der Waals surface area contributed by atoms with Gasteiger partial charge in [-0.3, -0.25) is 9.59 Å². The lowest BCUT2D eigenvalue weighted by molar-refractivity contribution is -0.137. The second-order valence-electron chi connectivity index (χ2n) is 10.5. The van der Waals surface area contributed by atoms with Gasteiger partial charge in [-0.25, -0.2) is 4.39 Å². The first-order valence-electron chi connectivity index (χ1n) is 14.2. The van der Waals surface area contributed by atoms with Crippen LogP contribution in [-0.4, -0.2) is 77.1 Å². The van der Waals surface area contributed by atoms with Crippen LogP contribution in [0.25, 0.3) is 0 Å². The number of carbonyl (C=O) groups excluding carboxylic acids is 2. The molecule has 226 valence electrons. The molecule has 0 spiro atoms. The van der Waals surface area contributed by atoms with Crippen molar-refractivity contribution in [2.24, 2.45) is 0 Å². The summed E-state index contributed by atoms with van der Waals surface area (Å²) < 4.78 is 25.7. The number of aliphatic hydroxyl groups excluding tert-OH is 3. The van der Waals surface area contributed by atoms with Crippen molar-refractivity contribution < 1.29 is 38.8 Å². The van der Waals surface area contributed by atoms with Crippen molar-refractivity contribution in [1.29, 1.82) is 0 Å². The maximum absolute atomic E-state index is 13.9. The summed E-state index contributed by atoms with van der Waals surface area (Å²) in [4.78, 5) is 28.7. The van der Waals surface area contributed by atoms with Crippen molar-refractivity contribution in [1.82, 2.24) is 10.2 Å². The number of halogens is 1. The van der Waals surface area contributed by atoms with Gasteiger partial charge >= 0.3 is 0 Å². The Balaban J connectivity index is 1.74. The summed E-state index contributed by atoms with van der Waals surface area (Å²) in [6.45, 7) is 3.38. The topological polar surface area (TPSA) is 129 Å². The highest BCUT2D eigenvalue weighted by molar-refractivity contribution is 5.96. The van der Waals surface area contributed by atoms with Crippen molar-refractivity contribution in [3.63, 3.8) is 0 Å². The van der Waals surface area contributed by atoms with Crippen LogP contribution in [0.1, 0.15) is 48.3 Å². The highest BCUT2D eigenvalue weighted by Crippen LogP contribution is 2.51. The Kier molecular flexibility index (Phi) is 10.7. The van der Waals surface area contributed by atoms with E-state index in [0.29, 0.717) is 41.0 Å². The molecule has 4 atom stereocenters. The molecule has 4 N–H and O–H groups in total. The van der Waals surface area contributed by atoms with E-state index < -0.39 is 30.1 Å². The summed E-state index contributed by atoms with van der Waals surface area (Å²) in [5.41, 5.74) is 2.09. The number of allylic oxidation sites excluding steroid dienone is 1. The molecule has 42 heavy (non-hydrogen) atoms. The number of nitrogens with zero attached hydrogens (tertiary/aromatic N) is 1. The summed E-state index contributed by atoms with van der Waals surface area (Å²) in [6, 6.07) is 8.57. The first-order valence-corrected chi connectivity index (χ1v) is 14.2. The van der Waals surface area contributed by atoms with Crippen LogP contribution in [0.4, 0.5) is 4.39 Å². The van der Waals surface area contributed by atoms with Gasteiger partial charge in [0, 0.05) is 30.6 Å². The number of hydrogen-bond donors (Lipinski definition) is 4. The fraction of sp³-hybridized carbons (Fsp3) is 0.438. The minimum Gasteiger partial charge on any atom is -0.493 e. The standard InChI is InChI=1S/C32H39FN2O7/c1-3-4-5-6-10-27(38)35(13-11-20-8-7-9-22(33)15-20)25-18-24(32(40)34-12-14-36)28-23-16-21(19-37)17-26(41-2)30(23)42-31(28)29(25)39/h3,7-9,15-18,25,28-29,31,36-37,39H,1,4-6,10-14,19H2,2H3,(H,34,40)/t25-,28+,29+,31+/m1/s1. The number of rotatable bonds is 14. The SMILES string of the molecule is C=CCCCCC(=O)N(CCc1cccc(F)c1)[C@@H]1C=C(C(=O)NCCO)[C@@H]2c3cc(CO)cc(OC)c3O[C@@H]2[C@H]1O. The molecular formula is C32H39FN2O7. The average Bonchev–Trinajstić information content (AvgIpc) is 3.38. The Morgan fingerprint density at radius 1 is 1.19 bits per heavy atom. The Morgan fingerprint density at radius 2 is 2.00 bits per heavy atom. The first-order chi connectivity index (χ1) is 20.3. The first kappa shape index (κ1) is 31.2. The van der Waals surface area contributed by atoms with Crippen LogP contribution in [0, 0.1) is 5.82 Å². The molecule has 2 aromatic carbocycles. The second-order valence-corrected chi connectivity index (χ2v) is 10.5. The summed E-state index contributed by atoms with van der Waals surface area (Å²) in [7, 11) is 1.46. The second kappa shape index (κ2) is 14.4. The lowest BCUT2D eigenvalue weighted by Gasteiger charge is -2.41. The number of benzene rings is 2. The fourth-order valence-electron chi connectivity index (χ4n) is 5.71. The minimum absolute atomic E-state index is 0.0139. The third kappa shape index (κ3) is 6.83. The summed E-state index contributed by atoms with van der Waals surface area (Å²) in [5.74, 6) is -1.06. The third-order valence-corrected chi connectivity index (χ3v) is 7.75. The van der Waals surface area contributed by atoms with Gasteiger partial charge in [0.2, 0.25) is 11.8 Å². The minimum atomic E-state index is -1.22. The molecule has 1 aliphatic carbocycles. The zero-order valence-corrected chi connectivity index (χ0v) is 23.8. The Bertz CT molecular complexity index is 1310. The zero-order chi connectivity index (χ0) is 30.2. The Labute approximate surface area is 245 Å². The number of fused-ring (bicyclic) bond motifs is 3. The van der Waals surface area contributed by atoms with E-state index in [1.807, 2.05) is 0 Å². The molecular weight excluding hydrogens is 543 g/mol. The van der Waals surface area contributed by atoms with Crippen LogP contribution in [0.3, 0.4) is 0 Å². The van der Waals surface area contributed by atoms with Gasteiger partial charge in [-0.05, 0) is 67.2 Å². The molecule has 2 aliphatic rings. The molecule has 0 saturated heterocycles. The number of nitrogens with one attached hydrogen (secondary N) is 1. The zero-order valence-electron chi connectivity index (χ0n) is 23.8. The molecule has 4 rings (SSSR count). The van der Waals surface area contributed by atoms with Crippen LogP contribution in [0.15, 0.2) is 60.7 Å². The summed E-state index contributed by atoms with van der Waals surface area (Å²) >= 11 is 0. The Morgan fingerprint density at radius 3 is 2.69 bits per heavy atom. The van der Waals surface area contributed by atoms with Gasteiger partial charge in [0.25, 0.3) is 0 Å². The van der Waals surface area contributed by atoms with E-state index in [1.165, 1.54) is 19.2 Å². The van der Waals surface area contributed by atoms with Gasteiger partial charge in [0.05, 0.1) is 32.3 Å². The molecule has 0 unspecified atom stereocenters. The number of carbonyl (C=O) groups is 2. The lowest BCUT2D eigenvalue weighted by Crippen LogP contribution is -2.56. The molecule has 2 aromatic rings. The quantitative estimate of drug-likeness (QED) is 0.199.